The maximum absolute atomic E-state index is 13.6. The molecule has 0 aliphatic heterocycles. The monoisotopic (exact) mass is 271 g/mol. The van der Waals surface area contributed by atoms with Crippen LogP contribution in [0, 0.1) is 19.7 Å². The van der Waals surface area contributed by atoms with Gasteiger partial charge in [-0.1, -0.05) is 42.8 Å². The minimum Gasteiger partial charge on any atom is -0.306 e. The normalized spacial score (nSPS) is 12.4. The quantitative estimate of drug-likeness (QED) is 0.842. The molecule has 106 valence electrons. The fraction of sp³-hybridized carbons (Fsp3) is 0.333. The summed E-state index contributed by atoms with van der Waals surface area (Å²) in [6, 6.07) is 13.5. The second-order valence-corrected chi connectivity index (χ2v) is 5.30. The molecule has 0 radical (unpaired) electrons. The Morgan fingerprint density at radius 2 is 1.75 bits per heavy atom. The zero-order chi connectivity index (χ0) is 14.5. The average Bonchev–Trinajstić information content (AvgIpc) is 2.44. The molecule has 0 amide bonds. The number of benzene rings is 2. The molecule has 1 nitrogen and oxygen atoms in total. The summed E-state index contributed by atoms with van der Waals surface area (Å²) in [5.41, 5.74) is 4.54. The Balaban J connectivity index is 2.41. The fourth-order valence-corrected chi connectivity index (χ4v) is 2.38. The van der Waals surface area contributed by atoms with E-state index >= 15 is 0 Å². The van der Waals surface area contributed by atoms with Crippen LogP contribution in [0.1, 0.15) is 41.6 Å². The van der Waals surface area contributed by atoms with Crippen LogP contribution in [-0.2, 0) is 0 Å². The van der Waals surface area contributed by atoms with Crippen molar-refractivity contribution in [2.75, 3.05) is 6.54 Å². The van der Waals surface area contributed by atoms with E-state index in [0.29, 0.717) is 0 Å². The molecule has 0 aliphatic carbocycles. The zero-order valence-corrected chi connectivity index (χ0v) is 12.4. The van der Waals surface area contributed by atoms with E-state index < -0.39 is 0 Å². The van der Waals surface area contributed by atoms with Gasteiger partial charge in [-0.05, 0) is 55.6 Å². The number of rotatable bonds is 5. The van der Waals surface area contributed by atoms with Crippen molar-refractivity contribution >= 4 is 0 Å². The zero-order valence-electron chi connectivity index (χ0n) is 12.4. The highest BCUT2D eigenvalue weighted by atomic mass is 19.1. The van der Waals surface area contributed by atoms with Crippen LogP contribution in [0.15, 0.2) is 42.5 Å². The summed E-state index contributed by atoms with van der Waals surface area (Å²) in [5.74, 6) is -0.180. The van der Waals surface area contributed by atoms with Gasteiger partial charge < -0.3 is 5.32 Å². The van der Waals surface area contributed by atoms with Gasteiger partial charge in [-0.3, -0.25) is 0 Å². The van der Waals surface area contributed by atoms with Gasteiger partial charge in [0.05, 0.1) is 6.04 Å². The topological polar surface area (TPSA) is 12.0 Å². The summed E-state index contributed by atoms with van der Waals surface area (Å²) < 4.78 is 13.6. The number of aryl methyl sites for hydroxylation is 2. The first-order valence-electron chi connectivity index (χ1n) is 7.18. The molecule has 0 heterocycles. The van der Waals surface area contributed by atoms with Crippen LogP contribution in [0.5, 0.6) is 0 Å². The van der Waals surface area contributed by atoms with Crippen LogP contribution >= 0.6 is 0 Å². The van der Waals surface area contributed by atoms with E-state index in [-0.39, 0.29) is 11.9 Å². The highest BCUT2D eigenvalue weighted by Crippen LogP contribution is 2.26. The minimum atomic E-state index is -0.180. The molecule has 2 rings (SSSR count). The number of hydrogen-bond acceptors (Lipinski definition) is 1. The van der Waals surface area contributed by atoms with E-state index in [0.717, 1.165) is 24.1 Å². The fourth-order valence-electron chi connectivity index (χ4n) is 2.38. The highest BCUT2D eigenvalue weighted by Gasteiger charge is 2.16. The summed E-state index contributed by atoms with van der Waals surface area (Å²) in [6.45, 7) is 7.15. The van der Waals surface area contributed by atoms with Crippen LogP contribution in [0.3, 0.4) is 0 Å². The van der Waals surface area contributed by atoms with Gasteiger partial charge in [0, 0.05) is 0 Å². The van der Waals surface area contributed by atoms with Crippen molar-refractivity contribution < 1.29 is 4.39 Å². The molecule has 0 saturated carbocycles. The van der Waals surface area contributed by atoms with Gasteiger partial charge in [0.2, 0.25) is 0 Å². The van der Waals surface area contributed by atoms with Crippen molar-refractivity contribution in [3.63, 3.8) is 0 Å². The van der Waals surface area contributed by atoms with Gasteiger partial charge in [0.25, 0.3) is 0 Å². The third-order valence-corrected chi connectivity index (χ3v) is 3.56. The summed E-state index contributed by atoms with van der Waals surface area (Å²) >= 11 is 0. The van der Waals surface area contributed by atoms with E-state index in [4.69, 9.17) is 0 Å². The molecule has 0 bridgehead atoms. The van der Waals surface area contributed by atoms with E-state index in [2.05, 4.69) is 43.4 Å². The van der Waals surface area contributed by atoms with Crippen molar-refractivity contribution in [2.45, 2.75) is 33.2 Å². The first-order chi connectivity index (χ1) is 9.61. The van der Waals surface area contributed by atoms with Crippen molar-refractivity contribution in [1.29, 1.82) is 0 Å². The van der Waals surface area contributed by atoms with Crippen molar-refractivity contribution in [3.05, 3.63) is 70.5 Å². The lowest BCUT2D eigenvalue weighted by Crippen LogP contribution is -2.24. The highest BCUT2D eigenvalue weighted by molar-refractivity contribution is 5.38. The molecule has 20 heavy (non-hydrogen) atoms. The predicted octanol–water partition coefficient (Wildman–Crippen LogP) is 4.53. The predicted molar refractivity (Wildman–Crippen MR) is 82.5 cm³/mol. The lowest BCUT2D eigenvalue weighted by Gasteiger charge is -2.22. The van der Waals surface area contributed by atoms with Gasteiger partial charge >= 0.3 is 0 Å². The molecule has 2 aromatic rings. The second kappa shape index (κ2) is 6.67. The third-order valence-electron chi connectivity index (χ3n) is 3.56. The van der Waals surface area contributed by atoms with Gasteiger partial charge in [-0.2, -0.15) is 0 Å². The Kier molecular flexibility index (Phi) is 4.91. The molecular formula is C18H22FN. The second-order valence-electron chi connectivity index (χ2n) is 5.30. The Bertz CT molecular complexity index is 560. The van der Waals surface area contributed by atoms with E-state index in [1.807, 2.05) is 13.0 Å². The average molecular weight is 271 g/mol. The standard InChI is InChI=1S/C18H22FN/c1-4-11-20-18(15-8-5-13(2)6-9-15)17-12-16(19)10-7-14(17)3/h5-10,12,18,20H,4,11H2,1-3H3. The Morgan fingerprint density at radius 3 is 2.40 bits per heavy atom. The minimum absolute atomic E-state index is 0.0475. The molecular weight excluding hydrogens is 249 g/mol. The molecule has 2 heteroatoms. The molecule has 0 fully saturated rings. The maximum Gasteiger partial charge on any atom is 0.123 e. The smallest absolute Gasteiger partial charge is 0.123 e. The van der Waals surface area contributed by atoms with Crippen LogP contribution in [0.4, 0.5) is 4.39 Å². The summed E-state index contributed by atoms with van der Waals surface area (Å²) in [7, 11) is 0. The molecule has 1 N–H and O–H groups in total. The largest absolute Gasteiger partial charge is 0.306 e. The molecule has 0 spiro atoms. The van der Waals surface area contributed by atoms with Gasteiger partial charge in [0.15, 0.2) is 0 Å². The van der Waals surface area contributed by atoms with Crippen LogP contribution in [0.25, 0.3) is 0 Å². The summed E-state index contributed by atoms with van der Waals surface area (Å²) in [5, 5.41) is 3.52. The maximum atomic E-state index is 13.6. The van der Waals surface area contributed by atoms with Crippen LogP contribution in [-0.4, -0.2) is 6.54 Å². The number of nitrogens with one attached hydrogen (secondary N) is 1. The first kappa shape index (κ1) is 14.7. The van der Waals surface area contributed by atoms with E-state index in [1.54, 1.807) is 6.07 Å². The van der Waals surface area contributed by atoms with Crippen molar-refractivity contribution in [3.8, 4) is 0 Å². The van der Waals surface area contributed by atoms with Gasteiger partial charge in [-0.25, -0.2) is 4.39 Å². The van der Waals surface area contributed by atoms with Crippen LogP contribution < -0.4 is 5.32 Å². The molecule has 1 atom stereocenters. The SMILES string of the molecule is CCCNC(c1ccc(C)cc1)c1cc(F)ccc1C. The summed E-state index contributed by atoms with van der Waals surface area (Å²) in [4.78, 5) is 0. The lowest BCUT2D eigenvalue weighted by molar-refractivity contribution is 0.583. The molecule has 1 unspecified atom stereocenters. The summed E-state index contributed by atoms with van der Waals surface area (Å²) in [6.07, 6.45) is 1.05. The molecule has 0 aliphatic rings. The lowest BCUT2D eigenvalue weighted by atomic mass is 9.94. The van der Waals surface area contributed by atoms with Crippen LogP contribution in [0.2, 0.25) is 0 Å². The molecule has 0 aromatic heterocycles. The van der Waals surface area contributed by atoms with Crippen molar-refractivity contribution in [2.24, 2.45) is 0 Å². The van der Waals surface area contributed by atoms with E-state index in [1.165, 1.54) is 17.2 Å². The Morgan fingerprint density at radius 1 is 1.05 bits per heavy atom. The number of halogens is 1. The Hall–Kier alpha value is -1.67. The third kappa shape index (κ3) is 3.45. The molecule has 2 aromatic carbocycles. The Labute approximate surface area is 120 Å². The van der Waals surface area contributed by atoms with Gasteiger partial charge in [0.1, 0.15) is 5.82 Å². The molecule has 0 saturated heterocycles. The van der Waals surface area contributed by atoms with Gasteiger partial charge in [-0.15, -0.1) is 0 Å². The first-order valence-corrected chi connectivity index (χ1v) is 7.18. The van der Waals surface area contributed by atoms with E-state index in [9.17, 15) is 4.39 Å². The number of hydrogen-bond donors (Lipinski definition) is 1. The van der Waals surface area contributed by atoms with Crippen molar-refractivity contribution in [1.82, 2.24) is 5.32 Å².